The molecule has 2 heterocycles. The van der Waals surface area contributed by atoms with E-state index >= 15 is 0 Å². The van der Waals surface area contributed by atoms with Gasteiger partial charge in [-0.3, -0.25) is 4.99 Å². The van der Waals surface area contributed by atoms with Crippen molar-refractivity contribution in [2.24, 2.45) is 4.99 Å². The molecule has 6 heteroatoms. The molecule has 3 rings (SSSR count). The molecule has 1 aliphatic heterocycles. The Morgan fingerprint density at radius 1 is 1.39 bits per heavy atom. The normalized spacial score (nSPS) is 24.6. The minimum Gasteiger partial charge on any atom is -0.359 e. The molecule has 2 fully saturated rings. The summed E-state index contributed by atoms with van der Waals surface area (Å²) < 4.78 is 4.70. The molecule has 1 N–H and O–H groups in total. The molecule has 1 spiro atoms. The molecule has 1 saturated carbocycles. The summed E-state index contributed by atoms with van der Waals surface area (Å²) >= 11 is 1.86. The van der Waals surface area contributed by atoms with Gasteiger partial charge in [-0.1, -0.05) is 36.2 Å². The summed E-state index contributed by atoms with van der Waals surface area (Å²) in [6, 6.07) is 0. The molecule has 2 aliphatic rings. The van der Waals surface area contributed by atoms with Crippen molar-refractivity contribution < 1.29 is 4.52 Å². The Bertz CT molecular complexity index is 412. The zero-order valence-electron chi connectivity index (χ0n) is 10.4. The summed E-state index contributed by atoms with van der Waals surface area (Å²) in [5.41, 5.74) is 0.341. The number of nitrogens with zero attached hydrogens (tertiary/aromatic N) is 3. The fraction of sp³-hybridized carbons (Fsp3) is 0.750. The highest BCUT2D eigenvalue weighted by Crippen LogP contribution is 2.36. The Morgan fingerprint density at radius 2 is 2.28 bits per heavy atom. The summed E-state index contributed by atoms with van der Waals surface area (Å²) in [5.74, 6) is 1.91. The van der Waals surface area contributed by atoms with Crippen LogP contribution in [0.4, 0.5) is 0 Å². The lowest BCUT2D eigenvalue weighted by Crippen LogP contribution is -2.45. The summed E-state index contributed by atoms with van der Waals surface area (Å²) in [5, 5.41) is 8.51. The Hall–Kier alpha value is -1.04. The number of amidine groups is 1. The average Bonchev–Trinajstić information content (AvgIpc) is 3.02. The average molecular weight is 266 g/mol. The molecular formula is C12H18N4OS. The molecule has 0 unspecified atom stereocenters. The van der Waals surface area contributed by atoms with Gasteiger partial charge in [-0.15, -0.1) is 0 Å². The Labute approximate surface area is 111 Å². The first kappa shape index (κ1) is 12.0. The lowest BCUT2D eigenvalue weighted by Gasteiger charge is -2.32. The van der Waals surface area contributed by atoms with Crippen LogP contribution in [0.3, 0.4) is 0 Å². The van der Waals surface area contributed by atoms with E-state index in [2.05, 4.69) is 20.4 Å². The van der Waals surface area contributed by atoms with Gasteiger partial charge >= 0.3 is 0 Å². The van der Waals surface area contributed by atoms with Crippen LogP contribution in [-0.4, -0.2) is 33.1 Å². The molecule has 1 saturated heterocycles. The highest BCUT2D eigenvalue weighted by atomic mass is 32.2. The largest absolute Gasteiger partial charge is 0.359 e. The summed E-state index contributed by atoms with van der Waals surface area (Å²) in [7, 11) is 0. The number of rotatable bonds is 3. The second-order valence-corrected chi connectivity index (χ2v) is 6.00. The van der Waals surface area contributed by atoms with Crippen LogP contribution in [0, 0.1) is 0 Å². The van der Waals surface area contributed by atoms with Gasteiger partial charge < -0.3 is 9.84 Å². The first-order valence-corrected chi connectivity index (χ1v) is 7.56. The molecule has 1 aromatic heterocycles. The van der Waals surface area contributed by atoms with E-state index in [4.69, 9.17) is 4.52 Å². The fourth-order valence-electron chi connectivity index (χ4n) is 2.65. The zero-order chi connectivity index (χ0) is 12.3. The lowest BCUT2D eigenvalue weighted by molar-refractivity contribution is 0.303. The molecule has 0 atom stereocenters. The van der Waals surface area contributed by atoms with Crippen LogP contribution in [0.5, 0.6) is 0 Å². The standard InChI is InChI=1S/C12H18N4OS/c1-2-5-12(6-3-1)8-18-11(15-12)13-7-4-10-14-9-17-16-10/h9H,1-8H2,(H,13,15). The van der Waals surface area contributed by atoms with Crippen molar-refractivity contribution in [3.05, 3.63) is 12.2 Å². The van der Waals surface area contributed by atoms with Gasteiger partial charge in [-0.25, -0.2) is 0 Å². The minimum atomic E-state index is 0.341. The van der Waals surface area contributed by atoms with E-state index in [1.807, 2.05) is 11.8 Å². The van der Waals surface area contributed by atoms with Gasteiger partial charge in [0.2, 0.25) is 6.39 Å². The molecule has 18 heavy (non-hydrogen) atoms. The van der Waals surface area contributed by atoms with Crippen molar-refractivity contribution in [3.8, 4) is 0 Å². The highest BCUT2D eigenvalue weighted by Gasteiger charge is 2.37. The second kappa shape index (κ2) is 5.30. The van der Waals surface area contributed by atoms with Crippen molar-refractivity contribution in [2.75, 3.05) is 12.3 Å². The number of nitrogens with one attached hydrogen (secondary N) is 1. The third-order valence-corrected chi connectivity index (χ3v) is 4.87. The lowest BCUT2D eigenvalue weighted by atomic mass is 9.83. The van der Waals surface area contributed by atoms with E-state index in [9.17, 15) is 0 Å². The van der Waals surface area contributed by atoms with Crippen molar-refractivity contribution in [3.63, 3.8) is 0 Å². The highest BCUT2D eigenvalue weighted by molar-refractivity contribution is 8.14. The van der Waals surface area contributed by atoms with Crippen molar-refractivity contribution >= 4 is 16.9 Å². The molecule has 1 aliphatic carbocycles. The van der Waals surface area contributed by atoms with E-state index < -0.39 is 0 Å². The maximum Gasteiger partial charge on any atom is 0.213 e. The molecule has 0 aromatic carbocycles. The van der Waals surface area contributed by atoms with Crippen LogP contribution in [0.25, 0.3) is 0 Å². The SMILES string of the molecule is c1nc(CCN=C2NC3(CCCCC3)CS2)no1. The summed E-state index contributed by atoms with van der Waals surface area (Å²) in [6.07, 6.45) is 8.79. The zero-order valence-corrected chi connectivity index (χ0v) is 11.2. The predicted octanol–water partition coefficient (Wildman–Crippen LogP) is 2.01. The third-order valence-electron chi connectivity index (χ3n) is 3.67. The number of hydrogen-bond acceptors (Lipinski definition) is 5. The van der Waals surface area contributed by atoms with Gasteiger partial charge in [0.05, 0.1) is 0 Å². The monoisotopic (exact) mass is 266 g/mol. The second-order valence-electron chi connectivity index (χ2n) is 5.04. The maximum absolute atomic E-state index is 4.70. The van der Waals surface area contributed by atoms with Gasteiger partial charge in [0, 0.05) is 24.3 Å². The smallest absolute Gasteiger partial charge is 0.213 e. The van der Waals surface area contributed by atoms with Gasteiger partial charge in [0.1, 0.15) is 0 Å². The molecule has 5 nitrogen and oxygen atoms in total. The molecule has 0 bridgehead atoms. The van der Waals surface area contributed by atoms with Gasteiger partial charge in [0.15, 0.2) is 11.0 Å². The third kappa shape index (κ3) is 2.68. The van der Waals surface area contributed by atoms with Crippen molar-refractivity contribution in [2.45, 2.75) is 44.1 Å². The Morgan fingerprint density at radius 3 is 3.06 bits per heavy atom. The Balaban J connectivity index is 1.51. The molecule has 0 radical (unpaired) electrons. The quantitative estimate of drug-likeness (QED) is 0.906. The fourth-order valence-corrected chi connectivity index (χ4v) is 3.89. The van der Waals surface area contributed by atoms with Crippen LogP contribution in [0.1, 0.15) is 37.9 Å². The summed E-state index contributed by atoms with van der Waals surface area (Å²) in [4.78, 5) is 8.58. The number of aromatic nitrogens is 2. The van der Waals surface area contributed by atoms with Crippen LogP contribution in [-0.2, 0) is 6.42 Å². The molecule has 98 valence electrons. The molecule has 1 aromatic rings. The van der Waals surface area contributed by atoms with E-state index in [0.717, 1.165) is 24.0 Å². The summed E-state index contributed by atoms with van der Waals surface area (Å²) in [6.45, 7) is 0.727. The van der Waals surface area contributed by atoms with Crippen LogP contribution in [0.15, 0.2) is 15.9 Å². The van der Waals surface area contributed by atoms with E-state index in [-0.39, 0.29) is 0 Å². The van der Waals surface area contributed by atoms with Crippen LogP contribution >= 0.6 is 11.8 Å². The topological polar surface area (TPSA) is 63.3 Å². The van der Waals surface area contributed by atoms with Crippen molar-refractivity contribution in [1.29, 1.82) is 0 Å². The first-order chi connectivity index (χ1) is 8.86. The minimum absolute atomic E-state index is 0.341. The number of aliphatic imine (C=N–C) groups is 1. The number of hydrogen-bond donors (Lipinski definition) is 1. The van der Waals surface area contributed by atoms with Gasteiger partial charge in [-0.2, -0.15) is 4.98 Å². The van der Waals surface area contributed by atoms with E-state index in [1.165, 1.54) is 44.3 Å². The maximum atomic E-state index is 4.70. The van der Waals surface area contributed by atoms with E-state index in [1.54, 1.807) is 0 Å². The number of thioether (sulfide) groups is 1. The molecular weight excluding hydrogens is 248 g/mol. The van der Waals surface area contributed by atoms with Gasteiger partial charge in [-0.05, 0) is 12.8 Å². The predicted molar refractivity (Wildman–Crippen MR) is 71.7 cm³/mol. The van der Waals surface area contributed by atoms with Crippen LogP contribution < -0.4 is 5.32 Å². The van der Waals surface area contributed by atoms with Crippen molar-refractivity contribution in [1.82, 2.24) is 15.5 Å². The van der Waals surface area contributed by atoms with E-state index in [0.29, 0.717) is 5.54 Å². The first-order valence-electron chi connectivity index (χ1n) is 6.57. The Kier molecular flexibility index (Phi) is 3.54. The molecule has 0 amide bonds. The van der Waals surface area contributed by atoms with Crippen LogP contribution in [0.2, 0.25) is 0 Å². The van der Waals surface area contributed by atoms with Gasteiger partial charge in [0.25, 0.3) is 0 Å².